The molecule has 0 saturated carbocycles. The summed E-state index contributed by atoms with van der Waals surface area (Å²) in [5.74, 6) is 0.493. The first-order chi connectivity index (χ1) is 42.9. The normalized spacial score (nSPS) is 20.7. The Bertz CT molecular complexity index is 3090. The van der Waals surface area contributed by atoms with Crippen LogP contribution in [0.4, 0.5) is 0 Å². The number of methoxy groups -OCH3 is 4. The Balaban J connectivity index is 1.50. The maximum absolute atomic E-state index is 14.9. The van der Waals surface area contributed by atoms with Crippen molar-refractivity contribution in [3.05, 3.63) is 136 Å². The van der Waals surface area contributed by atoms with Crippen LogP contribution in [0, 0.1) is 20.8 Å². The van der Waals surface area contributed by atoms with Crippen molar-refractivity contribution in [1.82, 2.24) is 20.3 Å². The molecule has 24 heteroatoms. The van der Waals surface area contributed by atoms with Crippen molar-refractivity contribution >= 4 is 23.3 Å². The van der Waals surface area contributed by atoms with Crippen molar-refractivity contribution in [2.45, 2.75) is 181 Å². The number of hydroxylamine groups is 12. The second kappa shape index (κ2) is 24.6. The Morgan fingerprint density at radius 3 is 0.576 bits per heavy atom. The maximum atomic E-state index is 14.9. The molecule has 8 bridgehead atoms. The van der Waals surface area contributed by atoms with Crippen molar-refractivity contribution in [2.75, 3.05) is 81.3 Å². The van der Waals surface area contributed by atoms with Crippen LogP contribution in [0.25, 0.3) is 0 Å². The predicted molar refractivity (Wildman–Crippen MR) is 340 cm³/mol. The van der Waals surface area contributed by atoms with Gasteiger partial charge in [0, 0.05) is 75.0 Å². The molecule has 0 spiro atoms. The first kappa shape index (κ1) is 69.2. The van der Waals surface area contributed by atoms with Gasteiger partial charge in [-0.05, 0) is 204 Å². The van der Waals surface area contributed by atoms with E-state index in [4.69, 9.17) is 37.9 Å². The fraction of sp³-hybridized carbons (Fsp3) is 0.588. The first-order valence-electron chi connectivity index (χ1n) is 31.2. The molecule has 4 radical (unpaired) electrons. The third-order valence-corrected chi connectivity index (χ3v) is 21.3. The van der Waals surface area contributed by atoms with Gasteiger partial charge in [0.05, 0.1) is 48.7 Å². The lowest BCUT2D eigenvalue weighted by Crippen LogP contribution is -2.53. The van der Waals surface area contributed by atoms with E-state index in [0.29, 0.717) is 67.5 Å². The molecular formula is C68H92N8O16. The summed E-state index contributed by atoms with van der Waals surface area (Å²) < 4.78 is 52.8. The topological polar surface area (TPSA) is 271 Å². The summed E-state index contributed by atoms with van der Waals surface area (Å²) >= 11 is 0. The number of amidine groups is 4. The smallest absolute Gasteiger partial charge is 0.316 e. The minimum Gasteiger partial charge on any atom is -0.714 e. The Morgan fingerprint density at radius 2 is 0.457 bits per heavy atom. The van der Waals surface area contributed by atoms with E-state index in [0.717, 1.165) is 39.2 Å². The zero-order chi connectivity index (χ0) is 68.0. The summed E-state index contributed by atoms with van der Waals surface area (Å²) in [4.78, 5) is 0. The largest absolute Gasteiger partial charge is 0.714 e. The van der Waals surface area contributed by atoms with E-state index in [1.807, 2.05) is 0 Å². The highest BCUT2D eigenvalue weighted by atomic mass is 16.6. The molecule has 4 aliphatic heterocycles. The lowest BCUT2D eigenvalue weighted by molar-refractivity contribution is -0.539. The Hall–Kier alpha value is -7.16. The van der Waals surface area contributed by atoms with E-state index >= 15 is 0 Å². The molecule has 1 aliphatic carbocycles. The molecule has 0 unspecified atom stereocenters. The minimum absolute atomic E-state index is 0.00728. The maximum Gasteiger partial charge on any atom is 0.316 e. The number of fused-ring (bicyclic) bond motifs is 8. The Morgan fingerprint density at radius 1 is 0.304 bits per heavy atom. The van der Waals surface area contributed by atoms with Crippen LogP contribution in [-0.4, -0.2) is 188 Å². The number of hydrogen-bond acceptors (Lipinski definition) is 16. The first-order valence-corrected chi connectivity index (χ1v) is 31.2. The third kappa shape index (κ3) is 11.0. The molecule has 0 amide bonds. The number of rotatable bonds is 20. The lowest BCUT2D eigenvalue weighted by Gasteiger charge is -2.32. The monoisotopic (exact) mass is 1280 g/mol. The molecule has 9 rings (SSSR count). The summed E-state index contributed by atoms with van der Waals surface area (Å²) in [5, 5.41) is 122. The lowest BCUT2D eigenvalue weighted by atomic mass is 9.84. The van der Waals surface area contributed by atoms with Gasteiger partial charge >= 0.3 is 23.3 Å². The highest BCUT2D eigenvalue weighted by Crippen LogP contribution is 2.47. The fourth-order valence-corrected chi connectivity index (χ4v) is 12.4. The van der Waals surface area contributed by atoms with E-state index in [1.54, 1.807) is 159 Å². The average Bonchev–Trinajstić information content (AvgIpc) is 1.20. The van der Waals surface area contributed by atoms with Crippen molar-refractivity contribution in [2.24, 2.45) is 0 Å². The predicted octanol–water partition coefficient (Wildman–Crippen LogP) is 8.36. The molecule has 0 aromatic heterocycles. The second-order valence-electron chi connectivity index (χ2n) is 28.7. The minimum atomic E-state index is -1.26. The van der Waals surface area contributed by atoms with Crippen LogP contribution in [0.1, 0.15) is 178 Å². The van der Waals surface area contributed by atoms with Crippen LogP contribution in [0.3, 0.4) is 0 Å². The quantitative estimate of drug-likeness (QED) is 0.0402. The van der Waals surface area contributed by atoms with Crippen LogP contribution in [0.5, 0.6) is 23.0 Å². The van der Waals surface area contributed by atoms with Crippen LogP contribution in [0.15, 0.2) is 48.5 Å². The van der Waals surface area contributed by atoms with Crippen LogP contribution < -0.4 is 18.9 Å². The van der Waals surface area contributed by atoms with Gasteiger partial charge in [-0.3, -0.25) is 19.0 Å². The van der Waals surface area contributed by atoms with Crippen LogP contribution in [-0.2, 0) is 65.5 Å². The molecule has 0 atom stereocenters. The molecule has 4 aromatic rings. The zero-order valence-electron chi connectivity index (χ0n) is 57.2. The molecule has 0 saturated heterocycles. The fourth-order valence-electron chi connectivity index (χ4n) is 12.4. The van der Waals surface area contributed by atoms with E-state index in [1.165, 1.54) is 28.4 Å². The van der Waals surface area contributed by atoms with Crippen molar-refractivity contribution in [3.63, 3.8) is 0 Å². The Labute approximate surface area is 540 Å². The van der Waals surface area contributed by atoms with Crippen molar-refractivity contribution < 1.29 is 77.7 Å². The van der Waals surface area contributed by atoms with Crippen LogP contribution in [0.2, 0.25) is 0 Å². The molecule has 500 valence electrons. The third-order valence-electron chi connectivity index (χ3n) is 21.3. The molecule has 4 aromatic carbocycles. The second-order valence-corrected chi connectivity index (χ2v) is 28.7. The highest BCUT2D eigenvalue weighted by Gasteiger charge is 2.63. The summed E-state index contributed by atoms with van der Waals surface area (Å²) in [6.07, 6.45) is -0.430. The number of hydrogen-bond donors (Lipinski definition) is 0. The van der Waals surface area contributed by atoms with Gasteiger partial charge in [-0.15, -0.1) is 0 Å². The molecule has 5 aliphatic rings. The van der Waals surface area contributed by atoms with Gasteiger partial charge < -0.3 is 58.7 Å². The molecular weight excluding hydrogens is 1180 g/mol. The van der Waals surface area contributed by atoms with E-state index < -0.39 is 44.3 Å². The van der Waals surface area contributed by atoms with Gasteiger partial charge in [0.15, 0.2) is 22.2 Å². The highest BCUT2D eigenvalue weighted by molar-refractivity contribution is 5.99. The van der Waals surface area contributed by atoms with E-state index in [2.05, 4.69) is 0 Å². The molecule has 4 heterocycles. The van der Waals surface area contributed by atoms with Gasteiger partial charge in [-0.2, -0.15) is 0 Å². The number of nitrogens with zero attached hydrogens (tertiary/aromatic N) is 8. The van der Waals surface area contributed by atoms with Gasteiger partial charge in [-0.1, -0.05) is 20.3 Å². The molecule has 92 heavy (non-hydrogen) atoms. The standard InChI is InChI=1S/C68H92N8O16/c1-61(2)62(3,4)70(78)57(69(61)77)49-33-41-29-43-35-50(58-71(79)63(5,6)64(7,8)72(58)80)37-45(54(43)90-26-22-86-18)31-47-39-52(60-75(83)67(13,14)68(15,16)76(60)84)40-48(56(47)92-28-24-88-20)32-46-38-51(59-73(81)65(9,10)66(11,12)74(59)82)36-44(55(46)91-27-23-87-19)30-42(34-49)53(41)89-25-21-85-17/h33-40H,21-32H2,1-20H3. The molecule has 0 N–H and O–H groups in total. The van der Waals surface area contributed by atoms with E-state index in [-0.39, 0.29) is 124 Å². The molecule has 0 fully saturated rings. The van der Waals surface area contributed by atoms with Gasteiger partial charge in [-0.25, -0.2) is 0 Å². The Kier molecular flexibility index (Phi) is 18.5. The van der Waals surface area contributed by atoms with Gasteiger partial charge in [0.1, 0.15) is 71.6 Å². The number of benzene rings is 4. The van der Waals surface area contributed by atoms with Gasteiger partial charge in [0.25, 0.3) is 0 Å². The van der Waals surface area contributed by atoms with Crippen molar-refractivity contribution in [1.29, 1.82) is 0 Å². The zero-order valence-corrected chi connectivity index (χ0v) is 57.2. The summed E-state index contributed by atoms with van der Waals surface area (Å²) in [6, 6.07) is 13.8. The summed E-state index contributed by atoms with van der Waals surface area (Å²) in [5.41, 5.74) is -5.72. The van der Waals surface area contributed by atoms with E-state index in [9.17, 15) is 41.7 Å². The molecule has 24 nitrogen and oxygen atoms in total. The summed E-state index contributed by atoms with van der Waals surface area (Å²) in [6.45, 7) is 27.8. The van der Waals surface area contributed by atoms with Gasteiger partial charge in [0.2, 0.25) is 0 Å². The van der Waals surface area contributed by atoms with Crippen molar-refractivity contribution in [3.8, 4) is 23.0 Å². The van der Waals surface area contributed by atoms with Crippen LogP contribution >= 0.6 is 0 Å². The SMILES string of the molecule is COCCOc1c2cc(C3=[N+]([O-])C(C)(C)C(C)(C)N3[O])cc1Cc1cc(C3=[N+]([O-])C(C)(C)C(C)(C)N3[O])cc(c1OCCOC)Cc1cc(C3=[N+]([O-])C(C)(C)C(C)(C)N3[O])cc(c1OCCOC)Cc1cc(C3=[N+]([O-])C(C)(C)C(C)(C)N3[O])cc(c1OCCOC)C2. The average molecular weight is 1280 g/mol. The number of ether oxygens (including phenoxy) is 8. The summed E-state index contributed by atoms with van der Waals surface area (Å²) in [7, 11) is 6.15.